The van der Waals surface area contributed by atoms with E-state index in [-0.39, 0.29) is 24.2 Å². The van der Waals surface area contributed by atoms with Gasteiger partial charge in [-0.2, -0.15) is 13.2 Å². The van der Waals surface area contributed by atoms with E-state index in [9.17, 15) is 18.0 Å². The maximum Gasteiger partial charge on any atom is 0.418 e. The molecule has 7 heteroatoms. The topological polar surface area (TPSA) is 41.1 Å². The predicted octanol–water partition coefficient (Wildman–Crippen LogP) is 3.94. The highest BCUT2D eigenvalue weighted by atomic mass is 79.9. The lowest BCUT2D eigenvalue weighted by Gasteiger charge is -2.16. The molecule has 3 nitrogen and oxygen atoms in total. The van der Waals surface area contributed by atoms with Crippen molar-refractivity contribution < 1.29 is 18.0 Å². The molecule has 0 aliphatic heterocycles. The van der Waals surface area contributed by atoms with Crippen molar-refractivity contribution in [3.63, 3.8) is 0 Å². The Balaban J connectivity index is 1.97. The van der Waals surface area contributed by atoms with Crippen LogP contribution in [0.25, 0.3) is 0 Å². The van der Waals surface area contributed by atoms with E-state index in [0.717, 1.165) is 31.7 Å². The zero-order valence-electron chi connectivity index (χ0n) is 11.3. The number of anilines is 1. The van der Waals surface area contributed by atoms with Crippen LogP contribution < -0.4 is 10.6 Å². The molecule has 1 aliphatic carbocycles. The van der Waals surface area contributed by atoms with Gasteiger partial charge in [0.2, 0.25) is 5.91 Å². The normalized spacial score (nSPS) is 16.0. The Bertz CT molecular complexity index is 513. The highest BCUT2D eigenvalue weighted by Gasteiger charge is 2.33. The number of halogens is 4. The molecule has 0 unspecified atom stereocenters. The van der Waals surface area contributed by atoms with Gasteiger partial charge in [-0.25, -0.2) is 0 Å². The van der Waals surface area contributed by atoms with Crippen LogP contribution in [0.5, 0.6) is 0 Å². The van der Waals surface area contributed by atoms with Gasteiger partial charge >= 0.3 is 6.18 Å². The number of nitrogens with one attached hydrogen (secondary N) is 2. The predicted molar refractivity (Wildman–Crippen MR) is 78.0 cm³/mol. The average Bonchev–Trinajstić information content (AvgIpc) is 2.89. The Morgan fingerprint density at radius 1 is 1.29 bits per heavy atom. The highest BCUT2D eigenvalue weighted by Crippen LogP contribution is 2.36. The molecule has 0 saturated heterocycles. The first-order valence-electron chi connectivity index (χ1n) is 6.76. The van der Waals surface area contributed by atoms with Crippen LogP contribution in [0.1, 0.15) is 31.2 Å². The van der Waals surface area contributed by atoms with E-state index in [1.165, 1.54) is 12.1 Å². The second-order valence-electron chi connectivity index (χ2n) is 5.09. The monoisotopic (exact) mass is 364 g/mol. The number of hydrogen-bond donors (Lipinski definition) is 2. The zero-order valence-corrected chi connectivity index (χ0v) is 12.9. The largest absolute Gasteiger partial charge is 0.418 e. The van der Waals surface area contributed by atoms with Crippen LogP contribution in [-0.4, -0.2) is 18.5 Å². The zero-order chi connectivity index (χ0) is 15.5. The van der Waals surface area contributed by atoms with Crippen LogP contribution in [-0.2, 0) is 11.0 Å². The second kappa shape index (κ2) is 6.68. The molecule has 1 aliphatic rings. The third-order valence-corrected chi connectivity index (χ3v) is 3.94. The minimum atomic E-state index is -4.46. The standard InChI is InChI=1S/C14H16BrF3N2O/c15-9-5-6-12(11(7-9)14(16,17)18)19-8-13(21)20-10-3-1-2-4-10/h5-7,10,19H,1-4,8H2,(H,20,21). The minimum absolute atomic E-state index is 0.0905. The summed E-state index contributed by atoms with van der Waals surface area (Å²) in [7, 11) is 0. The van der Waals surface area contributed by atoms with Gasteiger partial charge in [0, 0.05) is 16.2 Å². The van der Waals surface area contributed by atoms with Crippen LogP contribution in [0.4, 0.5) is 18.9 Å². The van der Waals surface area contributed by atoms with Gasteiger partial charge in [-0.15, -0.1) is 0 Å². The molecule has 0 bridgehead atoms. The molecule has 0 atom stereocenters. The van der Waals surface area contributed by atoms with E-state index < -0.39 is 11.7 Å². The summed E-state index contributed by atoms with van der Waals surface area (Å²) in [5.41, 5.74) is -0.877. The fourth-order valence-electron chi connectivity index (χ4n) is 2.43. The Labute approximate surface area is 129 Å². The highest BCUT2D eigenvalue weighted by molar-refractivity contribution is 9.10. The van der Waals surface area contributed by atoms with Crippen LogP contribution >= 0.6 is 15.9 Å². The smallest absolute Gasteiger partial charge is 0.376 e. The lowest BCUT2D eigenvalue weighted by Crippen LogP contribution is -2.36. The van der Waals surface area contributed by atoms with E-state index >= 15 is 0 Å². The van der Waals surface area contributed by atoms with E-state index in [0.29, 0.717) is 4.47 Å². The summed E-state index contributed by atoms with van der Waals surface area (Å²) in [5, 5.41) is 5.39. The van der Waals surface area contributed by atoms with Gasteiger partial charge in [0.1, 0.15) is 0 Å². The van der Waals surface area contributed by atoms with Crippen LogP contribution in [0.3, 0.4) is 0 Å². The molecule has 2 N–H and O–H groups in total. The van der Waals surface area contributed by atoms with E-state index in [2.05, 4.69) is 26.6 Å². The van der Waals surface area contributed by atoms with Crippen molar-refractivity contribution in [1.82, 2.24) is 5.32 Å². The molecule has 0 aromatic heterocycles. The van der Waals surface area contributed by atoms with Crippen molar-refractivity contribution in [3.05, 3.63) is 28.2 Å². The average molecular weight is 365 g/mol. The van der Waals surface area contributed by atoms with Crippen LogP contribution in [0.2, 0.25) is 0 Å². The van der Waals surface area contributed by atoms with Crippen molar-refractivity contribution in [1.29, 1.82) is 0 Å². The molecular formula is C14H16BrF3N2O. The van der Waals surface area contributed by atoms with Crippen molar-refractivity contribution in [2.45, 2.75) is 37.9 Å². The van der Waals surface area contributed by atoms with Crippen molar-refractivity contribution in [3.8, 4) is 0 Å². The maximum absolute atomic E-state index is 12.9. The molecule has 1 saturated carbocycles. The Morgan fingerprint density at radius 2 is 1.95 bits per heavy atom. The van der Waals surface area contributed by atoms with Gasteiger partial charge in [0.15, 0.2) is 0 Å². The number of benzene rings is 1. The van der Waals surface area contributed by atoms with Gasteiger partial charge in [-0.1, -0.05) is 28.8 Å². The first-order chi connectivity index (χ1) is 9.86. The summed E-state index contributed by atoms with van der Waals surface area (Å²) >= 11 is 3.02. The van der Waals surface area contributed by atoms with Crippen LogP contribution in [0, 0.1) is 0 Å². The van der Waals surface area contributed by atoms with E-state index in [4.69, 9.17) is 0 Å². The van der Waals surface area contributed by atoms with Crippen molar-refractivity contribution in [2.75, 3.05) is 11.9 Å². The maximum atomic E-state index is 12.9. The molecule has 0 spiro atoms. The number of rotatable bonds is 4. The molecule has 0 radical (unpaired) electrons. The van der Waals surface area contributed by atoms with Gasteiger partial charge in [0.25, 0.3) is 0 Å². The number of hydrogen-bond acceptors (Lipinski definition) is 2. The number of carbonyl (C=O) groups is 1. The van der Waals surface area contributed by atoms with Crippen molar-refractivity contribution >= 4 is 27.5 Å². The van der Waals surface area contributed by atoms with Gasteiger partial charge in [-0.05, 0) is 31.0 Å². The number of carbonyl (C=O) groups excluding carboxylic acids is 1. The number of amides is 1. The molecule has 116 valence electrons. The third-order valence-electron chi connectivity index (χ3n) is 3.45. The van der Waals surface area contributed by atoms with Gasteiger partial charge in [-0.3, -0.25) is 4.79 Å². The van der Waals surface area contributed by atoms with Crippen LogP contribution in [0.15, 0.2) is 22.7 Å². The Morgan fingerprint density at radius 3 is 2.57 bits per heavy atom. The molecule has 1 aromatic rings. The van der Waals surface area contributed by atoms with Crippen molar-refractivity contribution in [2.24, 2.45) is 0 Å². The first-order valence-corrected chi connectivity index (χ1v) is 7.55. The number of alkyl halides is 3. The second-order valence-corrected chi connectivity index (χ2v) is 6.01. The summed E-state index contributed by atoms with van der Waals surface area (Å²) in [6, 6.07) is 3.98. The Kier molecular flexibility index (Phi) is 5.13. The SMILES string of the molecule is O=C(CNc1ccc(Br)cc1C(F)(F)F)NC1CCCC1. The van der Waals surface area contributed by atoms with Gasteiger partial charge in [0.05, 0.1) is 12.1 Å². The fraction of sp³-hybridized carbons (Fsp3) is 0.500. The molecule has 1 aromatic carbocycles. The van der Waals surface area contributed by atoms with E-state index in [1.54, 1.807) is 0 Å². The molecule has 1 fully saturated rings. The molecule has 21 heavy (non-hydrogen) atoms. The Hall–Kier alpha value is -1.24. The summed E-state index contributed by atoms with van der Waals surface area (Å²) in [5.74, 6) is -0.280. The quantitative estimate of drug-likeness (QED) is 0.849. The summed E-state index contributed by atoms with van der Waals surface area (Å²) in [4.78, 5) is 11.7. The van der Waals surface area contributed by atoms with Gasteiger partial charge < -0.3 is 10.6 Å². The molecule has 0 heterocycles. The minimum Gasteiger partial charge on any atom is -0.376 e. The fourth-order valence-corrected chi connectivity index (χ4v) is 2.79. The summed E-state index contributed by atoms with van der Waals surface area (Å²) in [6.07, 6.45) is -0.406. The molecule has 2 rings (SSSR count). The molecular weight excluding hydrogens is 349 g/mol. The summed E-state index contributed by atoms with van der Waals surface area (Å²) < 4.78 is 39.1. The first kappa shape index (κ1) is 16.1. The molecule has 1 amide bonds. The third kappa shape index (κ3) is 4.62. The lowest BCUT2D eigenvalue weighted by molar-refractivity contribution is -0.137. The lowest BCUT2D eigenvalue weighted by atomic mass is 10.1. The van der Waals surface area contributed by atoms with E-state index in [1.807, 2.05) is 0 Å². The summed E-state index contributed by atoms with van der Waals surface area (Å²) in [6.45, 7) is -0.165.